The molecule has 0 saturated heterocycles. The number of benzene rings is 2. The van der Waals surface area contributed by atoms with E-state index in [0.29, 0.717) is 31.4 Å². The fourth-order valence-electron chi connectivity index (χ4n) is 3.44. The quantitative estimate of drug-likeness (QED) is 0.366. The molecule has 4 N–H and O–H groups in total. The van der Waals surface area contributed by atoms with Crippen LogP contribution >= 0.6 is 47.4 Å². The Morgan fingerprint density at radius 3 is 2.42 bits per heavy atom. The molecule has 2 aliphatic heterocycles. The zero-order valence-corrected chi connectivity index (χ0v) is 19.7. The molecule has 0 amide bonds. The molecule has 162 valence electrons. The van der Waals surface area contributed by atoms with E-state index in [1.807, 2.05) is 6.07 Å². The third-order valence-corrected chi connectivity index (χ3v) is 6.72. The summed E-state index contributed by atoms with van der Waals surface area (Å²) in [5.41, 5.74) is 3.52. The second-order valence-electron chi connectivity index (χ2n) is 7.11. The molecule has 0 spiro atoms. The first kappa shape index (κ1) is 23.7. The van der Waals surface area contributed by atoms with Crippen molar-refractivity contribution >= 4 is 69.9 Å². The van der Waals surface area contributed by atoms with E-state index >= 15 is 0 Å². The van der Waals surface area contributed by atoms with Gasteiger partial charge in [0, 0.05) is 17.7 Å². The van der Waals surface area contributed by atoms with Crippen molar-refractivity contribution in [1.29, 1.82) is 10.8 Å². The van der Waals surface area contributed by atoms with Crippen LogP contribution in [0.5, 0.6) is 0 Å². The van der Waals surface area contributed by atoms with Gasteiger partial charge in [0.05, 0.1) is 20.6 Å². The van der Waals surface area contributed by atoms with Gasteiger partial charge >= 0.3 is 0 Å². The summed E-state index contributed by atoms with van der Waals surface area (Å²) < 4.78 is 0. The Balaban J connectivity index is 0.00000272. The molecule has 2 aromatic carbocycles. The second-order valence-corrected chi connectivity index (χ2v) is 8.92. The zero-order valence-electron chi connectivity index (χ0n) is 16.6. The second kappa shape index (κ2) is 10.6. The van der Waals surface area contributed by atoms with Crippen LogP contribution in [0.25, 0.3) is 5.70 Å². The number of unbranched alkanes of at least 4 members (excludes halogenated alkanes) is 2. The molecule has 9 heteroatoms. The maximum absolute atomic E-state index is 8.27. The van der Waals surface area contributed by atoms with Crippen molar-refractivity contribution in [3.8, 4) is 0 Å². The number of aryl methyl sites for hydroxylation is 1. The standard InChI is InChI=1S/C22H21Cl2N5S.ClH/c23-16-11-14-15(12-17(16)24)20(25)28-18(14)19-21(26)29-22(30-19)27-10-6-2-5-9-13-7-3-1-4-8-13;/h1,3-4,7-8,11-12H,2,5-6,9-10H2,(H2,25,28)(H2,26,27,29);1H/b19-18+;. The number of halogens is 3. The molecule has 0 fully saturated rings. The molecule has 0 saturated carbocycles. The number of amidine groups is 3. The number of aliphatic imine (C=N–C) groups is 1. The number of hydrogen-bond acceptors (Lipinski definition) is 4. The summed E-state index contributed by atoms with van der Waals surface area (Å²) in [6, 6.07) is 13.9. The van der Waals surface area contributed by atoms with E-state index in [-0.39, 0.29) is 24.1 Å². The molecular weight excluding hydrogens is 473 g/mol. The van der Waals surface area contributed by atoms with Gasteiger partial charge in [0.2, 0.25) is 0 Å². The van der Waals surface area contributed by atoms with E-state index in [2.05, 4.69) is 39.9 Å². The van der Waals surface area contributed by atoms with Crippen molar-refractivity contribution in [1.82, 2.24) is 10.6 Å². The SMILES string of the molecule is Cl.N=C1N=C(NCCCCCc2ccccc2)S/C1=C1/NC(=N)c2cc(Cl)c(Cl)cc21. The molecular formula is C22H22Cl3N5S. The number of fused-ring (bicyclic) bond motifs is 1. The monoisotopic (exact) mass is 493 g/mol. The van der Waals surface area contributed by atoms with Crippen molar-refractivity contribution in [2.24, 2.45) is 4.99 Å². The van der Waals surface area contributed by atoms with Gasteiger partial charge in [-0.25, -0.2) is 4.99 Å². The van der Waals surface area contributed by atoms with E-state index in [4.69, 9.17) is 34.0 Å². The summed E-state index contributed by atoms with van der Waals surface area (Å²) in [6.07, 6.45) is 4.44. The molecule has 0 atom stereocenters. The van der Waals surface area contributed by atoms with Gasteiger partial charge in [0.1, 0.15) is 5.84 Å². The van der Waals surface area contributed by atoms with E-state index in [1.165, 1.54) is 17.3 Å². The molecule has 5 nitrogen and oxygen atoms in total. The van der Waals surface area contributed by atoms with Crippen molar-refractivity contribution in [3.63, 3.8) is 0 Å². The maximum atomic E-state index is 8.27. The molecule has 2 heterocycles. The number of hydrogen-bond donors (Lipinski definition) is 4. The Morgan fingerprint density at radius 2 is 1.68 bits per heavy atom. The van der Waals surface area contributed by atoms with Gasteiger partial charge in [-0.1, -0.05) is 60.0 Å². The third kappa shape index (κ3) is 5.44. The summed E-state index contributed by atoms with van der Waals surface area (Å²) in [5.74, 6) is 0.431. The lowest BCUT2D eigenvalue weighted by Crippen LogP contribution is -2.20. The summed E-state index contributed by atoms with van der Waals surface area (Å²) in [4.78, 5) is 5.03. The van der Waals surface area contributed by atoms with Crippen LogP contribution in [0.15, 0.2) is 52.4 Å². The van der Waals surface area contributed by atoms with E-state index in [9.17, 15) is 0 Å². The molecule has 2 aliphatic rings. The highest BCUT2D eigenvalue weighted by molar-refractivity contribution is 8.18. The predicted octanol–water partition coefficient (Wildman–Crippen LogP) is 6.10. The lowest BCUT2D eigenvalue weighted by Gasteiger charge is -2.07. The first-order chi connectivity index (χ1) is 14.5. The largest absolute Gasteiger partial charge is 0.364 e. The fraction of sp³-hybridized carbons (Fsp3) is 0.227. The van der Waals surface area contributed by atoms with Gasteiger partial charge in [-0.15, -0.1) is 12.4 Å². The van der Waals surface area contributed by atoms with Crippen LogP contribution < -0.4 is 10.6 Å². The van der Waals surface area contributed by atoms with Gasteiger partial charge in [-0.05, 0) is 48.7 Å². The van der Waals surface area contributed by atoms with Crippen molar-refractivity contribution in [2.45, 2.75) is 25.7 Å². The van der Waals surface area contributed by atoms with Crippen molar-refractivity contribution in [2.75, 3.05) is 6.54 Å². The molecule has 0 aromatic heterocycles. The van der Waals surface area contributed by atoms with Crippen LogP contribution in [0.2, 0.25) is 10.0 Å². The minimum absolute atomic E-state index is 0. The molecule has 4 rings (SSSR count). The molecule has 2 aromatic rings. The minimum atomic E-state index is 0. The zero-order chi connectivity index (χ0) is 21.1. The fourth-order valence-corrected chi connectivity index (χ4v) is 4.67. The Kier molecular flexibility index (Phi) is 8.06. The number of nitrogens with one attached hydrogen (secondary N) is 4. The number of nitrogens with zero attached hydrogens (tertiary/aromatic N) is 1. The van der Waals surface area contributed by atoms with Gasteiger partial charge < -0.3 is 10.6 Å². The van der Waals surface area contributed by atoms with E-state index in [0.717, 1.165) is 37.8 Å². The van der Waals surface area contributed by atoms with Crippen LogP contribution in [0, 0.1) is 10.8 Å². The van der Waals surface area contributed by atoms with Gasteiger partial charge in [-0.3, -0.25) is 10.8 Å². The molecule has 0 radical (unpaired) electrons. The lowest BCUT2D eigenvalue weighted by molar-refractivity contribution is 0.666. The van der Waals surface area contributed by atoms with Gasteiger partial charge in [0.15, 0.2) is 11.0 Å². The summed E-state index contributed by atoms with van der Waals surface area (Å²) in [6.45, 7) is 0.817. The number of thioether (sulfide) groups is 1. The smallest absolute Gasteiger partial charge is 0.168 e. The normalized spacial score (nSPS) is 17.2. The van der Waals surface area contributed by atoms with Crippen LogP contribution in [0.3, 0.4) is 0 Å². The van der Waals surface area contributed by atoms with E-state index in [1.54, 1.807) is 12.1 Å². The first-order valence-corrected chi connectivity index (χ1v) is 11.3. The summed E-state index contributed by atoms with van der Waals surface area (Å²) >= 11 is 13.7. The average Bonchev–Trinajstić information content (AvgIpc) is 3.25. The predicted molar refractivity (Wildman–Crippen MR) is 135 cm³/mol. The highest BCUT2D eigenvalue weighted by Gasteiger charge is 2.30. The number of rotatable bonds is 6. The highest BCUT2D eigenvalue weighted by Crippen LogP contribution is 2.38. The molecule has 0 aliphatic carbocycles. The first-order valence-electron chi connectivity index (χ1n) is 9.76. The average molecular weight is 495 g/mol. The van der Waals surface area contributed by atoms with Gasteiger partial charge in [-0.2, -0.15) is 0 Å². The minimum Gasteiger partial charge on any atom is -0.364 e. The Bertz CT molecular complexity index is 1070. The van der Waals surface area contributed by atoms with Crippen molar-refractivity contribution in [3.05, 3.63) is 74.1 Å². The molecule has 31 heavy (non-hydrogen) atoms. The van der Waals surface area contributed by atoms with Gasteiger partial charge in [0.25, 0.3) is 0 Å². The summed E-state index contributed by atoms with van der Waals surface area (Å²) in [5, 5.41) is 24.4. The van der Waals surface area contributed by atoms with Crippen LogP contribution in [0.1, 0.15) is 36.0 Å². The maximum Gasteiger partial charge on any atom is 0.168 e. The Morgan fingerprint density at radius 1 is 0.968 bits per heavy atom. The van der Waals surface area contributed by atoms with Crippen LogP contribution in [-0.2, 0) is 6.42 Å². The van der Waals surface area contributed by atoms with Crippen LogP contribution in [0.4, 0.5) is 0 Å². The van der Waals surface area contributed by atoms with Crippen LogP contribution in [-0.4, -0.2) is 23.4 Å². The summed E-state index contributed by atoms with van der Waals surface area (Å²) in [7, 11) is 0. The highest BCUT2D eigenvalue weighted by atomic mass is 35.5. The van der Waals surface area contributed by atoms with Crippen molar-refractivity contribution < 1.29 is 0 Å². The Hall–Kier alpha value is -1.99. The Labute approximate surface area is 202 Å². The molecule has 0 bridgehead atoms. The lowest BCUT2D eigenvalue weighted by atomic mass is 10.1. The molecule has 0 unspecified atom stereocenters. The third-order valence-electron chi connectivity index (χ3n) is 4.96. The topological polar surface area (TPSA) is 84.1 Å². The van der Waals surface area contributed by atoms with E-state index < -0.39 is 0 Å².